The Morgan fingerprint density at radius 2 is 2.53 bits per heavy atom. The molecule has 2 heterocycles. The Hall–Kier alpha value is 0.0700. The van der Waals surface area contributed by atoms with E-state index >= 15 is 0 Å². The first kappa shape index (κ1) is 11.6. The fourth-order valence-corrected chi connectivity index (χ4v) is 3.34. The lowest BCUT2D eigenvalue weighted by molar-refractivity contribution is 0.256. The Morgan fingerprint density at radius 3 is 3.27 bits per heavy atom. The lowest BCUT2D eigenvalue weighted by atomic mass is 10.2. The maximum Gasteiger partial charge on any atom is 0.169 e. The van der Waals surface area contributed by atoms with E-state index in [2.05, 4.69) is 45.6 Å². The van der Waals surface area contributed by atoms with E-state index in [-0.39, 0.29) is 0 Å². The summed E-state index contributed by atoms with van der Waals surface area (Å²) in [4.78, 5) is 2.52. The summed E-state index contributed by atoms with van der Waals surface area (Å²) in [6, 6.07) is 2.06. The molecule has 0 amide bonds. The molecular weight excluding hydrogens is 274 g/mol. The highest BCUT2D eigenvalue weighted by Gasteiger charge is 2.15. The second kappa shape index (κ2) is 5.41. The summed E-state index contributed by atoms with van der Waals surface area (Å²) in [6.45, 7) is 5.74. The Morgan fingerprint density at radius 1 is 1.67 bits per heavy atom. The molecule has 1 aromatic rings. The van der Waals surface area contributed by atoms with Crippen molar-refractivity contribution >= 4 is 27.7 Å². The molecule has 15 heavy (non-hydrogen) atoms. The molecule has 84 valence electrons. The number of nitrogens with zero attached hydrogens (tertiary/aromatic N) is 1. The van der Waals surface area contributed by atoms with Gasteiger partial charge in [-0.3, -0.25) is 4.90 Å². The minimum Gasteiger partial charge on any atom is -0.457 e. The summed E-state index contributed by atoms with van der Waals surface area (Å²) >= 11 is 5.40. The van der Waals surface area contributed by atoms with E-state index in [4.69, 9.17) is 4.42 Å². The van der Waals surface area contributed by atoms with Gasteiger partial charge < -0.3 is 4.42 Å². The summed E-state index contributed by atoms with van der Waals surface area (Å²) in [5.74, 6) is 3.35. The molecule has 0 spiro atoms. The first-order valence-electron chi connectivity index (χ1n) is 5.27. The van der Waals surface area contributed by atoms with E-state index in [1.807, 2.05) is 6.26 Å². The van der Waals surface area contributed by atoms with Gasteiger partial charge in [-0.1, -0.05) is 6.92 Å². The Kier molecular flexibility index (Phi) is 4.17. The molecule has 2 nitrogen and oxygen atoms in total. The summed E-state index contributed by atoms with van der Waals surface area (Å²) in [6.07, 6.45) is 1.84. The molecule has 1 fully saturated rings. The monoisotopic (exact) mass is 289 g/mol. The average Bonchev–Trinajstić information content (AvgIpc) is 2.46. The van der Waals surface area contributed by atoms with Gasteiger partial charge in [-0.25, -0.2) is 0 Å². The highest BCUT2D eigenvalue weighted by Crippen LogP contribution is 2.19. The minimum atomic E-state index is 0.799. The van der Waals surface area contributed by atoms with Crippen molar-refractivity contribution in [2.45, 2.75) is 13.5 Å². The first-order chi connectivity index (χ1) is 7.24. The van der Waals surface area contributed by atoms with E-state index in [9.17, 15) is 0 Å². The van der Waals surface area contributed by atoms with Gasteiger partial charge in [0.1, 0.15) is 0 Å². The van der Waals surface area contributed by atoms with Gasteiger partial charge in [-0.2, -0.15) is 11.8 Å². The van der Waals surface area contributed by atoms with Crippen molar-refractivity contribution < 1.29 is 4.42 Å². The number of hydrogen-bond donors (Lipinski definition) is 0. The molecule has 0 N–H and O–H groups in total. The molecule has 4 heteroatoms. The van der Waals surface area contributed by atoms with Crippen molar-refractivity contribution in [2.24, 2.45) is 5.92 Å². The number of rotatable bonds is 2. The van der Waals surface area contributed by atoms with Crippen LogP contribution >= 0.6 is 27.7 Å². The van der Waals surface area contributed by atoms with E-state index in [0.29, 0.717) is 0 Å². The smallest absolute Gasteiger partial charge is 0.169 e. The Bertz CT molecular complexity index is 315. The van der Waals surface area contributed by atoms with E-state index in [1.165, 1.54) is 30.2 Å². The van der Waals surface area contributed by atoms with E-state index in [0.717, 1.165) is 17.1 Å². The molecule has 0 aliphatic carbocycles. The molecule has 1 saturated heterocycles. The first-order valence-corrected chi connectivity index (χ1v) is 7.22. The van der Waals surface area contributed by atoms with Gasteiger partial charge in [0.2, 0.25) is 0 Å². The maximum absolute atomic E-state index is 5.25. The van der Waals surface area contributed by atoms with Crippen LogP contribution in [0, 0.1) is 5.92 Å². The zero-order chi connectivity index (χ0) is 10.7. The summed E-state index contributed by atoms with van der Waals surface area (Å²) in [7, 11) is 0. The van der Waals surface area contributed by atoms with Crippen LogP contribution in [-0.2, 0) is 6.54 Å². The van der Waals surface area contributed by atoms with Crippen molar-refractivity contribution in [3.63, 3.8) is 0 Å². The largest absolute Gasteiger partial charge is 0.457 e. The molecule has 2 rings (SSSR count). The topological polar surface area (TPSA) is 16.4 Å². The van der Waals surface area contributed by atoms with Gasteiger partial charge in [0.15, 0.2) is 4.67 Å². The molecule has 0 aromatic carbocycles. The van der Waals surface area contributed by atoms with Crippen LogP contribution in [-0.4, -0.2) is 29.5 Å². The molecule has 1 aromatic heterocycles. The highest BCUT2D eigenvalue weighted by molar-refractivity contribution is 9.10. The predicted molar refractivity (Wildman–Crippen MR) is 68.2 cm³/mol. The number of halogens is 1. The summed E-state index contributed by atoms with van der Waals surface area (Å²) in [5.41, 5.74) is 1.26. The van der Waals surface area contributed by atoms with Gasteiger partial charge in [0, 0.05) is 31.0 Å². The van der Waals surface area contributed by atoms with Crippen molar-refractivity contribution in [3.8, 4) is 0 Å². The second-order valence-electron chi connectivity index (χ2n) is 4.17. The summed E-state index contributed by atoms with van der Waals surface area (Å²) < 4.78 is 6.08. The van der Waals surface area contributed by atoms with Crippen LogP contribution < -0.4 is 0 Å². The van der Waals surface area contributed by atoms with Crippen LogP contribution in [0.1, 0.15) is 12.5 Å². The van der Waals surface area contributed by atoms with Crippen LogP contribution in [0.5, 0.6) is 0 Å². The quantitative estimate of drug-likeness (QED) is 0.832. The fraction of sp³-hybridized carbons (Fsp3) is 0.636. The van der Waals surface area contributed by atoms with Crippen LogP contribution in [0.25, 0.3) is 0 Å². The van der Waals surface area contributed by atoms with Gasteiger partial charge >= 0.3 is 0 Å². The van der Waals surface area contributed by atoms with Gasteiger partial charge in [-0.15, -0.1) is 0 Å². The molecule has 1 aliphatic rings. The number of hydrogen-bond acceptors (Lipinski definition) is 3. The van der Waals surface area contributed by atoms with Gasteiger partial charge in [-0.05, 0) is 33.7 Å². The van der Waals surface area contributed by atoms with Crippen LogP contribution in [0.4, 0.5) is 0 Å². The van der Waals surface area contributed by atoms with Gasteiger partial charge in [0.25, 0.3) is 0 Å². The SMILES string of the molecule is CC1CSCCN(Cc2coc(Br)c2)C1. The lowest BCUT2D eigenvalue weighted by Crippen LogP contribution is -2.28. The normalized spacial score (nSPS) is 24.0. The lowest BCUT2D eigenvalue weighted by Gasteiger charge is -2.20. The fourth-order valence-electron chi connectivity index (χ4n) is 1.89. The minimum absolute atomic E-state index is 0.799. The number of thioether (sulfide) groups is 1. The second-order valence-corrected chi connectivity index (χ2v) is 6.11. The molecule has 0 bridgehead atoms. The zero-order valence-electron chi connectivity index (χ0n) is 8.91. The van der Waals surface area contributed by atoms with E-state index in [1.54, 1.807) is 0 Å². The van der Waals surface area contributed by atoms with Crippen LogP contribution in [0.15, 0.2) is 21.4 Å². The van der Waals surface area contributed by atoms with Crippen molar-refractivity contribution in [1.82, 2.24) is 4.90 Å². The third-order valence-corrected chi connectivity index (χ3v) is 4.24. The van der Waals surface area contributed by atoms with E-state index < -0.39 is 0 Å². The average molecular weight is 290 g/mol. The van der Waals surface area contributed by atoms with Crippen molar-refractivity contribution in [1.29, 1.82) is 0 Å². The standard InChI is InChI=1S/C11H16BrNOS/c1-9-5-13(2-3-15-8-9)6-10-4-11(12)14-7-10/h4,7,9H,2-3,5-6,8H2,1H3. The highest BCUT2D eigenvalue weighted by atomic mass is 79.9. The van der Waals surface area contributed by atoms with Crippen LogP contribution in [0.3, 0.4) is 0 Å². The molecule has 0 radical (unpaired) electrons. The molecule has 1 atom stereocenters. The predicted octanol–water partition coefficient (Wildman–Crippen LogP) is 3.23. The van der Waals surface area contributed by atoms with Crippen LogP contribution in [0.2, 0.25) is 0 Å². The van der Waals surface area contributed by atoms with Gasteiger partial charge in [0.05, 0.1) is 6.26 Å². The Balaban J connectivity index is 1.92. The Labute approximate surface area is 104 Å². The third kappa shape index (κ3) is 3.54. The maximum atomic E-state index is 5.25. The number of furan rings is 1. The van der Waals surface area contributed by atoms with Crippen molar-refractivity contribution in [2.75, 3.05) is 24.6 Å². The zero-order valence-corrected chi connectivity index (χ0v) is 11.3. The summed E-state index contributed by atoms with van der Waals surface area (Å²) in [5, 5.41) is 0. The molecule has 0 saturated carbocycles. The van der Waals surface area contributed by atoms with Crippen molar-refractivity contribution in [3.05, 3.63) is 22.6 Å². The molecular formula is C11H16BrNOS. The molecule has 1 unspecified atom stereocenters. The molecule has 1 aliphatic heterocycles. The third-order valence-electron chi connectivity index (χ3n) is 2.55.